The molecule has 5 nitrogen and oxygen atoms in total. The number of nitrogens with one attached hydrogen (secondary N) is 1. The number of para-hydroxylation sites is 1. The summed E-state index contributed by atoms with van der Waals surface area (Å²) in [6, 6.07) is 3.33. The topological polar surface area (TPSA) is 64.0 Å². The summed E-state index contributed by atoms with van der Waals surface area (Å²) in [5, 5.41) is 2.60. The third-order valence-electron chi connectivity index (χ3n) is 3.79. The van der Waals surface area contributed by atoms with Crippen molar-refractivity contribution in [3.8, 4) is 0 Å². The number of aromatic nitrogens is 2. The first-order valence-electron chi connectivity index (χ1n) is 7.68. The van der Waals surface area contributed by atoms with E-state index in [1.807, 2.05) is 6.92 Å². The molecule has 0 saturated heterocycles. The van der Waals surface area contributed by atoms with Crippen LogP contribution in [0.5, 0.6) is 0 Å². The van der Waals surface area contributed by atoms with Crippen molar-refractivity contribution >= 4 is 33.1 Å². The van der Waals surface area contributed by atoms with Crippen LogP contribution >= 0.6 is 11.3 Å². The number of amides is 1. The van der Waals surface area contributed by atoms with E-state index in [0.29, 0.717) is 22.3 Å². The van der Waals surface area contributed by atoms with Gasteiger partial charge in [-0.15, -0.1) is 11.3 Å². The molecule has 3 rings (SSSR count). The molecule has 0 spiro atoms. The van der Waals surface area contributed by atoms with Crippen LogP contribution in [-0.2, 0) is 6.54 Å². The summed E-state index contributed by atoms with van der Waals surface area (Å²) in [6.07, 6.45) is 2.22. The number of rotatable bonds is 4. The largest absolute Gasteiger partial charge is 0.316 e. The second kappa shape index (κ2) is 6.72. The minimum Gasteiger partial charge on any atom is -0.316 e. The Morgan fingerprint density at radius 1 is 1.32 bits per heavy atom. The van der Waals surface area contributed by atoms with E-state index in [0.717, 1.165) is 29.9 Å². The van der Waals surface area contributed by atoms with Gasteiger partial charge < -0.3 is 5.32 Å². The molecule has 0 saturated carbocycles. The van der Waals surface area contributed by atoms with E-state index in [1.165, 1.54) is 17.0 Å². The van der Waals surface area contributed by atoms with Crippen molar-refractivity contribution in [2.24, 2.45) is 0 Å². The first kappa shape index (κ1) is 17.2. The predicted molar refractivity (Wildman–Crippen MR) is 93.2 cm³/mol. The van der Waals surface area contributed by atoms with Gasteiger partial charge >= 0.3 is 0 Å². The quantitative estimate of drug-likeness (QED) is 0.769. The van der Waals surface area contributed by atoms with Crippen LogP contribution in [0.3, 0.4) is 0 Å². The minimum absolute atomic E-state index is 0.205. The summed E-state index contributed by atoms with van der Waals surface area (Å²) in [4.78, 5) is 29.8. The van der Waals surface area contributed by atoms with Crippen molar-refractivity contribution < 1.29 is 13.6 Å². The Bertz CT molecular complexity index is 1010. The summed E-state index contributed by atoms with van der Waals surface area (Å²) in [5.41, 5.74) is -0.283. The van der Waals surface area contributed by atoms with E-state index in [-0.39, 0.29) is 10.4 Å². The van der Waals surface area contributed by atoms with Gasteiger partial charge in [-0.25, -0.2) is 13.8 Å². The summed E-state index contributed by atoms with van der Waals surface area (Å²) in [6.45, 7) is 4.10. The van der Waals surface area contributed by atoms with Crippen LogP contribution in [0.15, 0.2) is 29.3 Å². The maximum absolute atomic E-state index is 13.7. The Labute approximate surface area is 145 Å². The maximum atomic E-state index is 13.7. The molecule has 2 aromatic heterocycles. The Kier molecular flexibility index (Phi) is 4.63. The fourth-order valence-electron chi connectivity index (χ4n) is 2.56. The lowest BCUT2D eigenvalue weighted by molar-refractivity contribution is 0.102. The van der Waals surface area contributed by atoms with E-state index in [9.17, 15) is 18.4 Å². The Morgan fingerprint density at radius 2 is 2.00 bits per heavy atom. The molecule has 0 radical (unpaired) electrons. The SMILES string of the molecule is CCCn1cnc2sc(C(=O)Nc3c(F)cccc3F)c(C)c2c1=O. The molecule has 2 heterocycles. The molecule has 0 atom stereocenters. The molecular formula is C17H15F2N3O2S. The van der Waals surface area contributed by atoms with E-state index >= 15 is 0 Å². The fourth-order valence-corrected chi connectivity index (χ4v) is 3.60. The number of anilines is 1. The molecule has 0 aliphatic rings. The lowest BCUT2D eigenvalue weighted by Crippen LogP contribution is -2.20. The molecule has 8 heteroatoms. The van der Waals surface area contributed by atoms with Gasteiger partial charge in [-0.05, 0) is 31.0 Å². The minimum atomic E-state index is -0.865. The van der Waals surface area contributed by atoms with Crippen LogP contribution in [-0.4, -0.2) is 15.5 Å². The fraction of sp³-hybridized carbons (Fsp3) is 0.235. The average molecular weight is 363 g/mol. The normalized spacial score (nSPS) is 11.0. The smallest absolute Gasteiger partial charge is 0.266 e. The van der Waals surface area contributed by atoms with Gasteiger partial charge in [0.05, 0.1) is 16.6 Å². The molecule has 3 aromatic rings. The van der Waals surface area contributed by atoms with Crippen molar-refractivity contribution in [3.05, 3.63) is 57.0 Å². The zero-order valence-corrected chi connectivity index (χ0v) is 14.4. The van der Waals surface area contributed by atoms with Crippen molar-refractivity contribution in [3.63, 3.8) is 0 Å². The molecule has 0 aliphatic carbocycles. The molecule has 130 valence electrons. The third kappa shape index (κ3) is 3.05. The lowest BCUT2D eigenvalue weighted by atomic mass is 10.2. The molecule has 1 amide bonds. The highest BCUT2D eigenvalue weighted by atomic mass is 32.1. The van der Waals surface area contributed by atoms with Crippen molar-refractivity contribution in [1.29, 1.82) is 0 Å². The zero-order valence-electron chi connectivity index (χ0n) is 13.6. The van der Waals surface area contributed by atoms with Crippen molar-refractivity contribution in [1.82, 2.24) is 9.55 Å². The number of hydrogen-bond donors (Lipinski definition) is 1. The Hall–Kier alpha value is -2.61. The number of benzene rings is 1. The molecule has 0 bridgehead atoms. The third-order valence-corrected chi connectivity index (χ3v) is 4.99. The van der Waals surface area contributed by atoms with Crippen LogP contribution in [0, 0.1) is 18.6 Å². The van der Waals surface area contributed by atoms with E-state index < -0.39 is 23.2 Å². The van der Waals surface area contributed by atoms with Gasteiger partial charge in [0, 0.05) is 6.54 Å². The van der Waals surface area contributed by atoms with Gasteiger partial charge in [0.2, 0.25) is 0 Å². The van der Waals surface area contributed by atoms with Crippen LogP contribution in [0.25, 0.3) is 10.2 Å². The van der Waals surface area contributed by atoms with E-state index in [4.69, 9.17) is 0 Å². The molecule has 0 unspecified atom stereocenters. The summed E-state index contributed by atoms with van der Waals surface area (Å²) in [5.74, 6) is -2.41. The molecule has 25 heavy (non-hydrogen) atoms. The number of nitrogens with zero attached hydrogens (tertiary/aromatic N) is 2. The van der Waals surface area contributed by atoms with Gasteiger partial charge in [-0.1, -0.05) is 13.0 Å². The number of aryl methyl sites for hydroxylation is 2. The summed E-state index contributed by atoms with van der Waals surface area (Å²) < 4.78 is 28.9. The van der Waals surface area contributed by atoms with E-state index in [2.05, 4.69) is 10.3 Å². The molecule has 1 aromatic carbocycles. The standard InChI is InChI=1S/C17H15F2N3O2S/c1-3-7-22-8-20-16-12(17(22)24)9(2)14(25-16)15(23)21-13-10(18)5-4-6-11(13)19/h4-6,8H,3,7H2,1-2H3,(H,21,23). The lowest BCUT2D eigenvalue weighted by Gasteiger charge is -2.06. The van der Waals surface area contributed by atoms with Crippen LogP contribution < -0.4 is 10.9 Å². The van der Waals surface area contributed by atoms with Crippen molar-refractivity contribution in [2.75, 3.05) is 5.32 Å². The first-order valence-corrected chi connectivity index (χ1v) is 8.49. The zero-order chi connectivity index (χ0) is 18.1. The van der Waals surface area contributed by atoms with Crippen LogP contribution in [0.2, 0.25) is 0 Å². The number of halogens is 2. The molecule has 0 fully saturated rings. The van der Waals surface area contributed by atoms with Crippen molar-refractivity contribution in [2.45, 2.75) is 26.8 Å². The van der Waals surface area contributed by atoms with Crippen LogP contribution in [0.1, 0.15) is 28.6 Å². The molecule has 0 aliphatic heterocycles. The number of fused-ring (bicyclic) bond motifs is 1. The molecular weight excluding hydrogens is 348 g/mol. The predicted octanol–water partition coefficient (Wildman–Crippen LogP) is 3.71. The Morgan fingerprint density at radius 3 is 2.64 bits per heavy atom. The van der Waals surface area contributed by atoms with Gasteiger partial charge in [0.25, 0.3) is 11.5 Å². The first-order chi connectivity index (χ1) is 11.9. The number of carbonyl (C=O) groups is 1. The van der Waals surface area contributed by atoms with Gasteiger partial charge in [0.15, 0.2) is 0 Å². The highest BCUT2D eigenvalue weighted by molar-refractivity contribution is 7.20. The van der Waals surface area contributed by atoms with Gasteiger partial charge in [0.1, 0.15) is 22.2 Å². The second-order valence-corrected chi connectivity index (χ2v) is 6.53. The number of thiophene rings is 1. The second-order valence-electron chi connectivity index (χ2n) is 5.53. The molecule has 1 N–H and O–H groups in total. The summed E-state index contributed by atoms with van der Waals surface area (Å²) >= 11 is 1.02. The number of hydrogen-bond acceptors (Lipinski definition) is 4. The van der Waals surface area contributed by atoms with Crippen LogP contribution in [0.4, 0.5) is 14.5 Å². The monoisotopic (exact) mass is 363 g/mol. The maximum Gasteiger partial charge on any atom is 0.266 e. The van der Waals surface area contributed by atoms with Gasteiger partial charge in [-0.2, -0.15) is 0 Å². The highest BCUT2D eigenvalue weighted by Gasteiger charge is 2.21. The Balaban J connectivity index is 2.04. The highest BCUT2D eigenvalue weighted by Crippen LogP contribution is 2.28. The van der Waals surface area contributed by atoms with Gasteiger partial charge in [-0.3, -0.25) is 14.2 Å². The average Bonchev–Trinajstić information content (AvgIpc) is 2.91. The number of carbonyl (C=O) groups excluding carboxylic acids is 1. The van der Waals surface area contributed by atoms with E-state index in [1.54, 1.807) is 6.92 Å². The summed E-state index contributed by atoms with van der Waals surface area (Å²) in [7, 11) is 0.